The predicted octanol–water partition coefficient (Wildman–Crippen LogP) is 0.424. The van der Waals surface area contributed by atoms with E-state index in [2.05, 4.69) is 32.0 Å². The average molecular weight is 390 g/mol. The lowest BCUT2D eigenvalue weighted by atomic mass is 10.1. The molecule has 11 heteroatoms. The van der Waals surface area contributed by atoms with Gasteiger partial charge in [0, 0.05) is 20.1 Å². The van der Waals surface area contributed by atoms with Crippen LogP contribution in [0.5, 0.6) is 0 Å². The van der Waals surface area contributed by atoms with Crippen LogP contribution in [-0.2, 0) is 19.0 Å². The Morgan fingerprint density at radius 1 is 1.29 bits per heavy atom. The van der Waals surface area contributed by atoms with Crippen LogP contribution in [0.3, 0.4) is 0 Å². The van der Waals surface area contributed by atoms with E-state index in [1.165, 1.54) is 0 Å². The molecule has 2 saturated heterocycles. The normalized spacial score (nSPS) is 24.0. The lowest BCUT2D eigenvalue weighted by Crippen LogP contribution is -2.35. The molecule has 1 aromatic heterocycles. The largest absolute Gasteiger partial charge is 0.479 e. The summed E-state index contributed by atoms with van der Waals surface area (Å²) in [4.78, 5) is 18.6. The summed E-state index contributed by atoms with van der Waals surface area (Å²) in [5.74, 6) is -0.653. The molecule has 0 saturated carbocycles. The molecular weight excluding hydrogens is 368 g/mol. The molecule has 2 aliphatic rings. The van der Waals surface area contributed by atoms with Gasteiger partial charge in [-0.3, -0.25) is 0 Å². The van der Waals surface area contributed by atoms with E-state index in [0.717, 1.165) is 0 Å². The van der Waals surface area contributed by atoms with E-state index in [9.17, 15) is 4.79 Å². The van der Waals surface area contributed by atoms with Crippen molar-refractivity contribution in [1.29, 1.82) is 5.26 Å². The Bertz CT molecular complexity index is 790. The van der Waals surface area contributed by atoms with Crippen molar-refractivity contribution in [3.63, 3.8) is 0 Å². The van der Waals surface area contributed by atoms with Gasteiger partial charge in [-0.15, -0.1) is 0 Å². The zero-order valence-corrected chi connectivity index (χ0v) is 15.9. The molecule has 0 unspecified atom stereocenters. The molecule has 1 aromatic rings. The van der Waals surface area contributed by atoms with Gasteiger partial charge in [-0.25, -0.2) is 4.79 Å². The number of rotatable bonds is 4. The van der Waals surface area contributed by atoms with Gasteiger partial charge < -0.3 is 35.3 Å². The number of hydrogen-bond acceptors (Lipinski definition) is 10. The Kier molecular flexibility index (Phi) is 6.59. The van der Waals surface area contributed by atoms with Crippen LogP contribution in [0.2, 0.25) is 0 Å². The van der Waals surface area contributed by atoms with Crippen LogP contribution >= 0.6 is 0 Å². The summed E-state index contributed by atoms with van der Waals surface area (Å²) in [6.45, 7) is 3.83. The molecule has 28 heavy (non-hydrogen) atoms. The highest BCUT2D eigenvalue weighted by Gasteiger charge is 2.52. The lowest BCUT2D eigenvalue weighted by Gasteiger charge is -2.19. The first-order valence-electron chi connectivity index (χ1n) is 8.35. The van der Waals surface area contributed by atoms with Crippen molar-refractivity contribution < 1.29 is 24.1 Å². The van der Waals surface area contributed by atoms with Crippen LogP contribution in [0.1, 0.15) is 19.7 Å². The van der Waals surface area contributed by atoms with Crippen molar-refractivity contribution in [2.75, 3.05) is 36.7 Å². The van der Waals surface area contributed by atoms with E-state index in [0.29, 0.717) is 23.9 Å². The number of nitrogens with one attached hydrogen (secondary N) is 3. The van der Waals surface area contributed by atoms with Crippen LogP contribution in [0.25, 0.3) is 0 Å². The number of anilines is 3. The second-order valence-corrected chi connectivity index (χ2v) is 6.23. The van der Waals surface area contributed by atoms with Crippen molar-refractivity contribution in [3.05, 3.63) is 5.82 Å². The molecule has 3 heterocycles. The molecule has 11 nitrogen and oxygen atoms in total. The summed E-state index contributed by atoms with van der Waals surface area (Å²) in [7, 11) is 3.37. The number of aromatic nitrogens is 2. The molecule has 0 aliphatic carbocycles. The number of carbonyl (C=O) groups is 1. The number of carboxylic acid groups (broad SMARTS) is 1. The molecule has 0 bridgehead atoms. The molecule has 0 spiro atoms. The van der Waals surface area contributed by atoms with Gasteiger partial charge in [0.15, 0.2) is 23.5 Å². The SMILES string of the molecule is C#CNc1c(NC)nc(C#N)nc1NC.CC1(C)O[C@H]2[C@H](CO[C@@H]2C(=O)O)O1. The van der Waals surface area contributed by atoms with E-state index in [4.69, 9.17) is 31.0 Å². The summed E-state index contributed by atoms with van der Waals surface area (Å²) in [5, 5.41) is 25.8. The highest BCUT2D eigenvalue weighted by Crippen LogP contribution is 2.35. The fourth-order valence-electron chi connectivity index (χ4n) is 2.82. The van der Waals surface area contributed by atoms with Gasteiger partial charge in [-0.2, -0.15) is 15.2 Å². The quantitative estimate of drug-likeness (QED) is 0.418. The maximum absolute atomic E-state index is 10.7. The fraction of sp³-hybridized carbons (Fsp3) is 0.529. The highest BCUT2D eigenvalue weighted by atomic mass is 16.8. The molecule has 150 valence electrons. The Morgan fingerprint density at radius 3 is 2.36 bits per heavy atom. The van der Waals surface area contributed by atoms with Crippen LogP contribution < -0.4 is 16.0 Å². The Labute approximate surface area is 162 Å². The van der Waals surface area contributed by atoms with Crippen molar-refractivity contribution in [2.24, 2.45) is 0 Å². The molecule has 4 N–H and O–H groups in total. The topological polar surface area (TPSA) is 151 Å². The molecule has 3 rings (SSSR count). The van der Waals surface area contributed by atoms with Gasteiger partial charge in [-0.05, 0) is 13.8 Å². The molecular formula is C17H22N6O5. The van der Waals surface area contributed by atoms with E-state index in [1.54, 1.807) is 27.9 Å². The fourth-order valence-corrected chi connectivity index (χ4v) is 2.82. The Hall–Kier alpha value is -3.12. The summed E-state index contributed by atoms with van der Waals surface area (Å²) in [6, 6.07) is 4.14. The average Bonchev–Trinajstić information content (AvgIpc) is 3.17. The number of aliphatic carboxylic acids is 1. The van der Waals surface area contributed by atoms with Gasteiger partial charge >= 0.3 is 5.97 Å². The second kappa shape index (κ2) is 8.71. The molecule has 2 aliphatic heterocycles. The van der Waals surface area contributed by atoms with Gasteiger partial charge in [0.25, 0.3) is 0 Å². The van der Waals surface area contributed by atoms with Crippen molar-refractivity contribution >= 4 is 23.3 Å². The zero-order valence-electron chi connectivity index (χ0n) is 15.9. The Morgan fingerprint density at radius 2 is 1.89 bits per heavy atom. The third-order valence-corrected chi connectivity index (χ3v) is 3.88. The third kappa shape index (κ3) is 4.58. The van der Waals surface area contributed by atoms with E-state index in [-0.39, 0.29) is 11.9 Å². The summed E-state index contributed by atoms with van der Waals surface area (Å²) in [5.41, 5.74) is 0.543. The number of ether oxygens (including phenoxy) is 3. The molecule has 3 atom stereocenters. The minimum Gasteiger partial charge on any atom is -0.479 e. The van der Waals surface area contributed by atoms with Crippen molar-refractivity contribution in [2.45, 2.75) is 37.9 Å². The third-order valence-electron chi connectivity index (χ3n) is 3.88. The van der Waals surface area contributed by atoms with Gasteiger partial charge in [-0.1, -0.05) is 6.42 Å². The number of terminal acetylenes is 1. The highest BCUT2D eigenvalue weighted by molar-refractivity contribution is 5.78. The van der Waals surface area contributed by atoms with Crippen molar-refractivity contribution in [3.8, 4) is 18.5 Å². The molecule has 0 radical (unpaired) electrons. The number of nitrogens with zero attached hydrogens (tertiary/aromatic N) is 3. The summed E-state index contributed by atoms with van der Waals surface area (Å²) in [6.07, 6.45) is 3.55. The smallest absolute Gasteiger partial charge is 0.335 e. The maximum Gasteiger partial charge on any atom is 0.335 e. The van der Waals surface area contributed by atoms with Gasteiger partial charge in [0.05, 0.1) is 6.61 Å². The van der Waals surface area contributed by atoms with Crippen molar-refractivity contribution in [1.82, 2.24) is 9.97 Å². The maximum atomic E-state index is 10.7. The second-order valence-electron chi connectivity index (χ2n) is 6.23. The number of hydrogen-bond donors (Lipinski definition) is 4. The molecule has 0 aromatic carbocycles. The monoisotopic (exact) mass is 390 g/mol. The van der Waals surface area contributed by atoms with Gasteiger partial charge in [0.1, 0.15) is 24.0 Å². The molecule has 2 fully saturated rings. The summed E-state index contributed by atoms with van der Waals surface area (Å²) >= 11 is 0. The first kappa shape index (κ1) is 21.2. The standard InChI is InChI=1S/C9H10N6.C8H12O5/c1-4-13-7-8(11-2)14-6(5-10)15-9(7)12-3;1-8(2)12-4-3-11-6(7(9)10)5(4)13-8/h1,13H,2-3H3,(H2,11,12,14,15);4-6H,3H2,1-2H3,(H,9,10)/t;4-,5-,6-/m.0/s1. The van der Waals surface area contributed by atoms with E-state index < -0.39 is 24.0 Å². The minimum absolute atomic E-state index is 0.0753. The first-order valence-corrected chi connectivity index (χ1v) is 8.35. The van der Waals surface area contributed by atoms with Crippen LogP contribution in [0, 0.1) is 23.8 Å². The zero-order chi connectivity index (χ0) is 20.9. The minimum atomic E-state index is -0.992. The lowest BCUT2D eigenvalue weighted by molar-refractivity contribution is -0.183. The number of nitriles is 1. The summed E-state index contributed by atoms with van der Waals surface area (Å²) < 4.78 is 15.9. The van der Waals surface area contributed by atoms with E-state index in [1.807, 2.05) is 6.07 Å². The van der Waals surface area contributed by atoms with Crippen LogP contribution in [-0.4, -0.2) is 65.8 Å². The molecule has 0 amide bonds. The van der Waals surface area contributed by atoms with Gasteiger partial charge in [0.2, 0.25) is 5.82 Å². The first-order chi connectivity index (χ1) is 13.3. The number of fused-ring (bicyclic) bond motifs is 1. The van der Waals surface area contributed by atoms with Crippen LogP contribution in [0.4, 0.5) is 17.3 Å². The van der Waals surface area contributed by atoms with Crippen LogP contribution in [0.15, 0.2) is 0 Å². The number of carboxylic acids is 1. The van der Waals surface area contributed by atoms with E-state index >= 15 is 0 Å². The Balaban J connectivity index is 0.000000202. The predicted molar refractivity (Wildman–Crippen MR) is 99.5 cm³/mol.